The quantitative estimate of drug-likeness (QED) is 0.816. The van der Waals surface area contributed by atoms with Crippen molar-refractivity contribution in [1.82, 2.24) is 14.8 Å². The maximum atomic E-state index is 12.8. The third kappa shape index (κ3) is 4.34. The van der Waals surface area contributed by atoms with Gasteiger partial charge in [0, 0.05) is 30.6 Å². The van der Waals surface area contributed by atoms with E-state index in [1.54, 1.807) is 26.0 Å². The number of aryl methyl sites for hydroxylation is 2. The second kappa shape index (κ2) is 8.00. The SMILES string of the molecule is Cc1noc(C)c1S(=O)(=O)N1CCC(C(=O)NCc2cccc(Cl)c2)CC1. The van der Waals surface area contributed by atoms with Crippen LogP contribution in [0.5, 0.6) is 0 Å². The van der Waals surface area contributed by atoms with Gasteiger partial charge in [0.1, 0.15) is 10.6 Å². The molecule has 27 heavy (non-hydrogen) atoms. The second-order valence-corrected chi connectivity index (χ2v) is 8.99. The third-order valence-electron chi connectivity index (χ3n) is 4.75. The molecule has 0 unspecified atom stereocenters. The van der Waals surface area contributed by atoms with Gasteiger partial charge >= 0.3 is 0 Å². The third-order valence-corrected chi connectivity index (χ3v) is 7.13. The molecule has 1 aromatic heterocycles. The number of piperidine rings is 1. The van der Waals surface area contributed by atoms with E-state index in [1.807, 2.05) is 12.1 Å². The highest BCUT2D eigenvalue weighted by Gasteiger charge is 2.35. The highest BCUT2D eigenvalue weighted by molar-refractivity contribution is 7.89. The fourth-order valence-electron chi connectivity index (χ4n) is 3.31. The summed E-state index contributed by atoms with van der Waals surface area (Å²) in [5.74, 6) is 0.0125. The van der Waals surface area contributed by atoms with Crippen LogP contribution in [-0.4, -0.2) is 36.9 Å². The standard InChI is InChI=1S/C18H22ClN3O4S/c1-12-17(13(2)26-21-12)27(24,25)22-8-6-15(7-9-22)18(23)20-11-14-4-3-5-16(19)10-14/h3-5,10,15H,6-9,11H2,1-2H3,(H,20,23). The number of sulfonamides is 1. The molecule has 1 aromatic carbocycles. The minimum Gasteiger partial charge on any atom is -0.360 e. The smallest absolute Gasteiger partial charge is 0.248 e. The topological polar surface area (TPSA) is 92.5 Å². The van der Waals surface area contributed by atoms with Crippen molar-refractivity contribution < 1.29 is 17.7 Å². The Hall–Kier alpha value is -1.90. The molecule has 9 heteroatoms. The summed E-state index contributed by atoms with van der Waals surface area (Å²) < 4.78 is 32.0. The van der Waals surface area contributed by atoms with Gasteiger partial charge in [0.25, 0.3) is 0 Å². The Balaban J connectivity index is 1.57. The molecule has 0 spiro atoms. The Bertz CT molecular complexity index is 914. The van der Waals surface area contributed by atoms with E-state index in [2.05, 4.69) is 10.5 Å². The number of carbonyl (C=O) groups is 1. The molecule has 1 amide bonds. The minimum atomic E-state index is -3.66. The summed E-state index contributed by atoms with van der Waals surface area (Å²) in [5, 5.41) is 7.25. The van der Waals surface area contributed by atoms with Gasteiger partial charge in [0.15, 0.2) is 5.76 Å². The number of nitrogens with one attached hydrogen (secondary N) is 1. The van der Waals surface area contributed by atoms with Crippen LogP contribution in [0.15, 0.2) is 33.7 Å². The van der Waals surface area contributed by atoms with Crippen LogP contribution < -0.4 is 5.32 Å². The lowest BCUT2D eigenvalue weighted by Gasteiger charge is -2.30. The molecular formula is C18H22ClN3O4S. The van der Waals surface area contributed by atoms with Crippen LogP contribution in [0.3, 0.4) is 0 Å². The van der Waals surface area contributed by atoms with Crippen molar-refractivity contribution in [2.24, 2.45) is 5.92 Å². The zero-order valence-electron chi connectivity index (χ0n) is 15.2. The second-order valence-electron chi connectivity index (χ2n) is 6.68. The summed E-state index contributed by atoms with van der Waals surface area (Å²) in [6, 6.07) is 7.31. The van der Waals surface area contributed by atoms with Crippen molar-refractivity contribution in [3.63, 3.8) is 0 Å². The number of halogens is 1. The van der Waals surface area contributed by atoms with Gasteiger partial charge in [-0.25, -0.2) is 8.42 Å². The van der Waals surface area contributed by atoms with Crippen LogP contribution in [0.25, 0.3) is 0 Å². The highest BCUT2D eigenvalue weighted by Crippen LogP contribution is 2.27. The summed E-state index contributed by atoms with van der Waals surface area (Å²) >= 11 is 5.95. The number of carbonyl (C=O) groups excluding carboxylic acids is 1. The van der Waals surface area contributed by atoms with Crippen LogP contribution in [0.2, 0.25) is 5.02 Å². The first-order chi connectivity index (χ1) is 12.8. The van der Waals surface area contributed by atoms with Gasteiger partial charge in [-0.05, 0) is 44.4 Å². The largest absolute Gasteiger partial charge is 0.360 e. The molecule has 3 rings (SSSR count). The van der Waals surface area contributed by atoms with E-state index < -0.39 is 10.0 Å². The van der Waals surface area contributed by atoms with Crippen molar-refractivity contribution >= 4 is 27.5 Å². The lowest BCUT2D eigenvalue weighted by atomic mass is 9.97. The zero-order valence-corrected chi connectivity index (χ0v) is 16.8. The number of amides is 1. The number of hydrogen-bond donors (Lipinski definition) is 1. The van der Waals surface area contributed by atoms with Gasteiger partial charge in [-0.15, -0.1) is 0 Å². The van der Waals surface area contributed by atoms with Gasteiger partial charge in [-0.2, -0.15) is 4.31 Å². The Morgan fingerprint density at radius 3 is 2.63 bits per heavy atom. The summed E-state index contributed by atoms with van der Waals surface area (Å²) in [4.78, 5) is 12.5. The van der Waals surface area contributed by atoms with Crippen molar-refractivity contribution in [3.8, 4) is 0 Å². The first-order valence-corrected chi connectivity index (χ1v) is 10.6. The normalized spacial score (nSPS) is 16.4. The molecule has 2 aromatic rings. The Labute approximate surface area is 163 Å². The maximum Gasteiger partial charge on any atom is 0.248 e. The number of hydrogen-bond acceptors (Lipinski definition) is 5. The zero-order chi connectivity index (χ0) is 19.6. The molecule has 0 atom stereocenters. The molecule has 0 bridgehead atoms. The van der Waals surface area contributed by atoms with Gasteiger partial charge in [0.05, 0.1) is 0 Å². The lowest BCUT2D eigenvalue weighted by Crippen LogP contribution is -2.43. The minimum absolute atomic E-state index is 0.0654. The van der Waals surface area contributed by atoms with Crippen LogP contribution in [0.4, 0.5) is 0 Å². The number of benzene rings is 1. The lowest BCUT2D eigenvalue weighted by molar-refractivity contribution is -0.126. The molecule has 146 valence electrons. The summed E-state index contributed by atoms with van der Waals surface area (Å²) in [7, 11) is -3.66. The van der Waals surface area contributed by atoms with Crippen LogP contribution in [-0.2, 0) is 21.4 Å². The molecule has 0 saturated carbocycles. The highest BCUT2D eigenvalue weighted by atomic mass is 35.5. The van der Waals surface area contributed by atoms with Gasteiger partial charge in [0.2, 0.25) is 15.9 Å². The monoisotopic (exact) mass is 411 g/mol. The fraction of sp³-hybridized carbons (Fsp3) is 0.444. The number of aromatic nitrogens is 1. The van der Waals surface area contributed by atoms with E-state index >= 15 is 0 Å². The van der Waals surface area contributed by atoms with E-state index in [1.165, 1.54) is 4.31 Å². The van der Waals surface area contributed by atoms with Crippen molar-refractivity contribution in [1.29, 1.82) is 0 Å². The van der Waals surface area contributed by atoms with Crippen LogP contribution >= 0.6 is 11.6 Å². The molecule has 2 heterocycles. The van der Waals surface area contributed by atoms with Crippen molar-refractivity contribution in [2.75, 3.05) is 13.1 Å². The Morgan fingerprint density at radius 1 is 1.33 bits per heavy atom. The predicted octanol–water partition coefficient (Wildman–Crippen LogP) is 2.66. The van der Waals surface area contributed by atoms with Crippen LogP contribution in [0.1, 0.15) is 29.9 Å². The number of nitrogens with zero attached hydrogens (tertiary/aromatic N) is 2. The Kier molecular flexibility index (Phi) is 5.88. The van der Waals surface area contributed by atoms with Gasteiger partial charge in [-0.1, -0.05) is 28.9 Å². The average Bonchev–Trinajstić information content (AvgIpc) is 2.99. The molecule has 1 aliphatic rings. The number of rotatable bonds is 5. The van der Waals surface area contributed by atoms with Crippen molar-refractivity contribution in [3.05, 3.63) is 46.3 Å². The molecule has 7 nitrogen and oxygen atoms in total. The molecule has 1 saturated heterocycles. The van der Waals surface area contributed by atoms with Crippen LogP contribution in [0, 0.1) is 19.8 Å². The van der Waals surface area contributed by atoms with E-state index in [-0.39, 0.29) is 22.5 Å². The summed E-state index contributed by atoms with van der Waals surface area (Å²) in [6.45, 7) is 4.18. The van der Waals surface area contributed by atoms with Crippen molar-refractivity contribution in [2.45, 2.75) is 38.1 Å². The molecule has 0 radical (unpaired) electrons. The van der Waals surface area contributed by atoms with E-state index in [9.17, 15) is 13.2 Å². The van der Waals surface area contributed by atoms with Gasteiger partial charge < -0.3 is 9.84 Å². The first kappa shape index (κ1) is 19.9. The fourth-order valence-corrected chi connectivity index (χ4v) is 5.28. The first-order valence-electron chi connectivity index (χ1n) is 8.74. The summed E-state index contributed by atoms with van der Waals surface area (Å²) in [6.07, 6.45) is 0.952. The van der Waals surface area contributed by atoms with Gasteiger partial charge in [-0.3, -0.25) is 4.79 Å². The van der Waals surface area contributed by atoms with E-state index in [0.29, 0.717) is 43.2 Å². The molecule has 0 aliphatic carbocycles. The molecule has 1 aliphatic heterocycles. The van der Waals surface area contributed by atoms with E-state index in [4.69, 9.17) is 16.1 Å². The molecular weight excluding hydrogens is 390 g/mol. The predicted molar refractivity (Wildman–Crippen MR) is 101 cm³/mol. The Morgan fingerprint density at radius 2 is 2.04 bits per heavy atom. The summed E-state index contributed by atoms with van der Waals surface area (Å²) in [5.41, 5.74) is 1.28. The average molecular weight is 412 g/mol. The molecule has 1 N–H and O–H groups in total. The maximum absolute atomic E-state index is 12.8. The van der Waals surface area contributed by atoms with E-state index in [0.717, 1.165) is 5.56 Å². The molecule has 1 fully saturated rings.